The maximum absolute atomic E-state index is 13.1. The molecule has 5 aromatic rings. The molecular formula is C27H18N2O3. The molecule has 0 saturated carbocycles. The lowest BCUT2D eigenvalue weighted by atomic mass is 9.85. The van der Waals surface area contributed by atoms with Gasteiger partial charge in [0.2, 0.25) is 0 Å². The molecule has 0 spiro atoms. The molecule has 0 bridgehead atoms. The number of hydrogen-bond acceptors (Lipinski definition) is 3. The Morgan fingerprint density at radius 3 is 1.97 bits per heavy atom. The topological polar surface area (TPSA) is 71.2 Å². The molecule has 2 heterocycles. The molecule has 0 saturated heterocycles. The van der Waals surface area contributed by atoms with E-state index in [1.807, 2.05) is 78.9 Å². The molecule has 1 aromatic heterocycles. The van der Waals surface area contributed by atoms with Crippen LogP contribution in [0.5, 0.6) is 5.75 Å². The maximum Gasteiger partial charge on any atom is 0.259 e. The molecule has 6 rings (SSSR count). The van der Waals surface area contributed by atoms with E-state index in [0.29, 0.717) is 16.9 Å². The number of carbonyl (C=O) groups excluding carboxylic acids is 2. The van der Waals surface area contributed by atoms with Crippen molar-refractivity contribution in [2.75, 3.05) is 7.11 Å². The zero-order valence-corrected chi connectivity index (χ0v) is 17.2. The van der Waals surface area contributed by atoms with Crippen molar-refractivity contribution >= 4 is 33.6 Å². The maximum atomic E-state index is 13.1. The highest BCUT2D eigenvalue weighted by Gasteiger charge is 2.36. The number of carbonyl (C=O) groups is 2. The van der Waals surface area contributed by atoms with Gasteiger partial charge in [-0.2, -0.15) is 0 Å². The second-order valence-corrected chi connectivity index (χ2v) is 7.80. The number of methoxy groups -OCH3 is 1. The Morgan fingerprint density at radius 2 is 1.31 bits per heavy atom. The molecule has 2 amide bonds. The van der Waals surface area contributed by atoms with Crippen molar-refractivity contribution in [1.29, 1.82) is 0 Å². The number of H-pyrrole nitrogens is 1. The van der Waals surface area contributed by atoms with Crippen LogP contribution in [0.1, 0.15) is 20.7 Å². The fourth-order valence-electron chi connectivity index (χ4n) is 4.71. The highest BCUT2D eigenvalue weighted by atomic mass is 16.5. The van der Waals surface area contributed by atoms with Gasteiger partial charge in [-0.05, 0) is 29.3 Å². The Labute approximate surface area is 183 Å². The van der Waals surface area contributed by atoms with Crippen LogP contribution >= 0.6 is 0 Å². The average Bonchev–Trinajstić information content (AvgIpc) is 3.35. The minimum atomic E-state index is -0.379. The van der Waals surface area contributed by atoms with Crippen molar-refractivity contribution in [3.8, 4) is 28.0 Å². The molecule has 0 aliphatic carbocycles. The number of benzene rings is 4. The number of nitrogens with one attached hydrogen (secondary N) is 2. The Kier molecular flexibility index (Phi) is 3.92. The van der Waals surface area contributed by atoms with Gasteiger partial charge < -0.3 is 9.72 Å². The number of rotatable bonds is 3. The SMILES string of the molecule is COc1ccc2[nH]c3c(-c4ccccc4)c(-c4ccccc4)c4c(c3c2c1)C(=O)NC4=O. The summed E-state index contributed by atoms with van der Waals surface area (Å²) >= 11 is 0. The van der Waals surface area contributed by atoms with Crippen LogP contribution in [0.15, 0.2) is 78.9 Å². The van der Waals surface area contributed by atoms with Gasteiger partial charge >= 0.3 is 0 Å². The van der Waals surface area contributed by atoms with Crippen LogP contribution < -0.4 is 10.1 Å². The molecule has 0 fully saturated rings. The Morgan fingerprint density at radius 1 is 0.688 bits per heavy atom. The third kappa shape index (κ3) is 2.51. The van der Waals surface area contributed by atoms with E-state index in [1.54, 1.807) is 7.11 Å². The van der Waals surface area contributed by atoms with Gasteiger partial charge in [0.1, 0.15) is 5.75 Å². The number of imide groups is 1. The van der Waals surface area contributed by atoms with E-state index in [-0.39, 0.29) is 11.8 Å². The van der Waals surface area contributed by atoms with Crippen molar-refractivity contribution in [2.45, 2.75) is 0 Å². The van der Waals surface area contributed by atoms with Crippen LogP contribution in [0, 0.1) is 0 Å². The van der Waals surface area contributed by atoms with E-state index in [0.717, 1.165) is 44.1 Å². The molecular weight excluding hydrogens is 400 g/mol. The highest BCUT2D eigenvalue weighted by molar-refractivity contribution is 6.34. The van der Waals surface area contributed by atoms with E-state index in [1.165, 1.54) is 0 Å². The normalized spacial score (nSPS) is 12.9. The van der Waals surface area contributed by atoms with Crippen LogP contribution in [0.2, 0.25) is 0 Å². The van der Waals surface area contributed by atoms with Crippen molar-refractivity contribution in [3.05, 3.63) is 90.0 Å². The van der Waals surface area contributed by atoms with Crippen LogP contribution in [0.4, 0.5) is 0 Å². The standard InChI is InChI=1S/C27H18N2O3/c1-32-17-12-13-19-18(14-17)22-24-23(26(30)29-27(24)31)20(15-8-4-2-5-9-15)21(25(22)28-19)16-10-6-3-7-11-16/h2-14,28H,1H3,(H,29,30,31). The third-order valence-corrected chi connectivity index (χ3v) is 6.06. The lowest BCUT2D eigenvalue weighted by molar-refractivity contribution is 0.0880. The van der Waals surface area contributed by atoms with Gasteiger partial charge in [0.25, 0.3) is 11.8 Å². The third-order valence-electron chi connectivity index (χ3n) is 6.06. The molecule has 0 atom stereocenters. The molecule has 0 unspecified atom stereocenters. The Hall–Kier alpha value is -4.38. The molecule has 32 heavy (non-hydrogen) atoms. The quantitative estimate of drug-likeness (QED) is 0.378. The molecule has 1 aliphatic heterocycles. The van der Waals surface area contributed by atoms with Crippen LogP contribution in [-0.4, -0.2) is 23.9 Å². The van der Waals surface area contributed by atoms with Crippen molar-refractivity contribution < 1.29 is 14.3 Å². The van der Waals surface area contributed by atoms with E-state index < -0.39 is 0 Å². The first-order valence-electron chi connectivity index (χ1n) is 10.3. The van der Waals surface area contributed by atoms with Gasteiger partial charge in [0, 0.05) is 27.4 Å². The van der Waals surface area contributed by atoms with Gasteiger partial charge in [-0.1, -0.05) is 60.7 Å². The zero-order valence-electron chi connectivity index (χ0n) is 17.2. The monoisotopic (exact) mass is 418 g/mol. The summed E-state index contributed by atoms with van der Waals surface area (Å²) in [5.41, 5.74) is 6.00. The van der Waals surface area contributed by atoms with E-state index in [2.05, 4.69) is 10.3 Å². The number of hydrogen-bond donors (Lipinski definition) is 2. The Bertz CT molecular complexity index is 1550. The lowest BCUT2D eigenvalue weighted by Crippen LogP contribution is -2.20. The molecule has 5 nitrogen and oxygen atoms in total. The van der Waals surface area contributed by atoms with Gasteiger partial charge in [0.15, 0.2) is 0 Å². The van der Waals surface area contributed by atoms with Crippen molar-refractivity contribution in [1.82, 2.24) is 10.3 Å². The molecule has 0 radical (unpaired) electrons. The summed E-state index contributed by atoms with van der Waals surface area (Å²) in [6.07, 6.45) is 0. The summed E-state index contributed by atoms with van der Waals surface area (Å²) in [5, 5.41) is 4.10. The summed E-state index contributed by atoms with van der Waals surface area (Å²) in [6, 6.07) is 25.4. The fourth-order valence-corrected chi connectivity index (χ4v) is 4.71. The van der Waals surface area contributed by atoms with Crippen molar-refractivity contribution in [2.24, 2.45) is 0 Å². The van der Waals surface area contributed by atoms with Crippen molar-refractivity contribution in [3.63, 3.8) is 0 Å². The summed E-state index contributed by atoms with van der Waals surface area (Å²) in [6.45, 7) is 0. The number of aromatic nitrogens is 1. The summed E-state index contributed by atoms with van der Waals surface area (Å²) in [4.78, 5) is 29.7. The summed E-state index contributed by atoms with van der Waals surface area (Å²) in [5.74, 6) is -0.0685. The minimum absolute atomic E-state index is 0.375. The first-order chi connectivity index (χ1) is 15.7. The van der Waals surface area contributed by atoms with Crippen LogP contribution in [0.25, 0.3) is 44.1 Å². The van der Waals surface area contributed by atoms with Gasteiger partial charge in [-0.25, -0.2) is 0 Å². The second kappa shape index (κ2) is 6.82. The molecule has 4 aromatic carbocycles. The van der Waals surface area contributed by atoms with Crippen LogP contribution in [0.3, 0.4) is 0 Å². The lowest BCUT2D eigenvalue weighted by Gasteiger charge is -2.16. The zero-order chi connectivity index (χ0) is 21.8. The smallest absolute Gasteiger partial charge is 0.259 e. The predicted molar refractivity (Wildman–Crippen MR) is 125 cm³/mol. The molecule has 2 N–H and O–H groups in total. The minimum Gasteiger partial charge on any atom is -0.497 e. The predicted octanol–water partition coefficient (Wildman–Crippen LogP) is 5.55. The van der Waals surface area contributed by atoms with E-state index >= 15 is 0 Å². The number of amides is 2. The molecule has 154 valence electrons. The second-order valence-electron chi connectivity index (χ2n) is 7.80. The fraction of sp³-hybridized carbons (Fsp3) is 0.0370. The summed E-state index contributed by atoms with van der Waals surface area (Å²) < 4.78 is 5.43. The average molecular weight is 418 g/mol. The number of ether oxygens (including phenoxy) is 1. The first-order valence-corrected chi connectivity index (χ1v) is 10.3. The first kappa shape index (κ1) is 18.4. The largest absolute Gasteiger partial charge is 0.497 e. The van der Waals surface area contributed by atoms with Gasteiger partial charge in [-0.15, -0.1) is 0 Å². The Balaban J connectivity index is 1.90. The highest BCUT2D eigenvalue weighted by Crippen LogP contribution is 2.46. The van der Waals surface area contributed by atoms with Crippen LogP contribution in [-0.2, 0) is 0 Å². The number of fused-ring (bicyclic) bond motifs is 5. The van der Waals surface area contributed by atoms with Gasteiger partial charge in [0.05, 0.1) is 23.8 Å². The molecule has 1 aliphatic rings. The number of aromatic amines is 1. The molecule has 5 heteroatoms. The van der Waals surface area contributed by atoms with Gasteiger partial charge in [-0.3, -0.25) is 14.9 Å². The summed E-state index contributed by atoms with van der Waals surface area (Å²) in [7, 11) is 1.61. The van der Waals surface area contributed by atoms with E-state index in [9.17, 15) is 9.59 Å². The van der Waals surface area contributed by atoms with E-state index in [4.69, 9.17) is 4.74 Å².